The summed E-state index contributed by atoms with van der Waals surface area (Å²) in [7, 11) is 0. The zero-order valence-corrected chi connectivity index (χ0v) is 16.9. The Hall–Kier alpha value is -3.00. The maximum atomic E-state index is 12.5. The highest BCUT2D eigenvalue weighted by Gasteiger charge is 2.20. The van der Waals surface area contributed by atoms with Crippen molar-refractivity contribution in [2.24, 2.45) is 0 Å². The van der Waals surface area contributed by atoms with E-state index >= 15 is 0 Å². The van der Waals surface area contributed by atoms with Crippen LogP contribution >= 0.6 is 11.8 Å². The molecule has 0 aliphatic carbocycles. The van der Waals surface area contributed by atoms with Crippen LogP contribution in [0.15, 0.2) is 53.7 Å². The average Bonchev–Trinajstić information content (AvgIpc) is 3.04. The summed E-state index contributed by atoms with van der Waals surface area (Å²) in [5, 5.41) is 11.3. The normalized spacial score (nSPS) is 11.8. The molecule has 2 aromatic carbocycles. The van der Waals surface area contributed by atoms with E-state index in [1.807, 2.05) is 50.2 Å². The lowest BCUT2D eigenvalue weighted by atomic mass is 10.1. The van der Waals surface area contributed by atoms with Gasteiger partial charge in [-0.15, -0.1) is 10.2 Å². The first-order valence-corrected chi connectivity index (χ1v) is 9.83. The van der Waals surface area contributed by atoms with Gasteiger partial charge in [0.25, 0.3) is 0 Å². The van der Waals surface area contributed by atoms with E-state index in [-0.39, 0.29) is 5.91 Å². The number of carbonyl (C=O) groups excluding carboxylic acids is 1. The van der Waals surface area contributed by atoms with Crippen LogP contribution in [0, 0.1) is 6.92 Å². The molecule has 1 atom stereocenters. The molecule has 0 saturated carbocycles. The Morgan fingerprint density at radius 2 is 1.86 bits per heavy atom. The van der Waals surface area contributed by atoms with Crippen molar-refractivity contribution in [1.82, 2.24) is 14.9 Å². The minimum absolute atomic E-state index is 0.144. The quantitative estimate of drug-likeness (QED) is 0.468. The van der Waals surface area contributed by atoms with Gasteiger partial charge in [-0.3, -0.25) is 4.79 Å². The fourth-order valence-electron chi connectivity index (χ4n) is 2.51. The second-order valence-electron chi connectivity index (χ2n) is 6.25. The first kappa shape index (κ1) is 19.8. The van der Waals surface area contributed by atoms with Gasteiger partial charge < -0.3 is 15.9 Å². The number of nitrogen functional groups attached to an aromatic ring is 1. The number of anilines is 1. The molecule has 0 radical (unpaired) electrons. The Labute approximate surface area is 168 Å². The van der Waals surface area contributed by atoms with E-state index in [4.69, 9.17) is 10.6 Å². The molecule has 3 rings (SSSR count). The highest BCUT2D eigenvalue weighted by Crippen LogP contribution is 2.26. The van der Waals surface area contributed by atoms with Crippen molar-refractivity contribution in [2.75, 3.05) is 17.8 Å². The molecule has 0 saturated heterocycles. The van der Waals surface area contributed by atoms with Gasteiger partial charge >= 0.3 is 0 Å². The first-order chi connectivity index (χ1) is 13.5. The summed E-state index contributed by atoms with van der Waals surface area (Å²) < 4.78 is 6.81. The minimum Gasteiger partial charge on any atom is -0.494 e. The van der Waals surface area contributed by atoms with Crippen molar-refractivity contribution < 1.29 is 9.53 Å². The van der Waals surface area contributed by atoms with Crippen molar-refractivity contribution in [3.63, 3.8) is 0 Å². The van der Waals surface area contributed by atoms with Crippen LogP contribution in [0.5, 0.6) is 5.75 Å². The summed E-state index contributed by atoms with van der Waals surface area (Å²) in [4.78, 5) is 12.5. The van der Waals surface area contributed by atoms with E-state index < -0.39 is 5.25 Å². The number of carbonyl (C=O) groups is 1. The van der Waals surface area contributed by atoms with Crippen LogP contribution in [0.2, 0.25) is 0 Å². The topological polar surface area (TPSA) is 95.1 Å². The Balaban J connectivity index is 1.64. The molecule has 1 amide bonds. The van der Waals surface area contributed by atoms with E-state index in [0.717, 1.165) is 16.9 Å². The van der Waals surface area contributed by atoms with E-state index in [1.165, 1.54) is 16.4 Å². The molecule has 146 valence electrons. The molecule has 8 heteroatoms. The average molecular weight is 398 g/mol. The van der Waals surface area contributed by atoms with Crippen LogP contribution in [0.25, 0.3) is 11.4 Å². The van der Waals surface area contributed by atoms with Gasteiger partial charge in [-0.1, -0.05) is 41.6 Å². The van der Waals surface area contributed by atoms with Crippen molar-refractivity contribution in [3.05, 3.63) is 54.1 Å². The number of amides is 1. The van der Waals surface area contributed by atoms with Gasteiger partial charge in [0.2, 0.25) is 11.1 Å². The van der Waals surface area contributed by atoms with Crippen molar-refractivity contribution in [3.8, 4) is 17.1 Å². The lowest BCUT2D eigenvalue weighted by Gasteiger charge is -2.12. The van der Waals surface area contributed by atoms with Gasteiger partial charge in [-0.05, 0) is 45.0 Å². The highest BCUT2D eigenvalue weighted by molar-refractivity contribution is 8.00. The van der Waals surface area contributed by atoms with Crippen LogP contribution in [-0.2, 0) is 4.79 Å². The molecule has 7 nitrogen and oxygen atoms in total. The first-order valence-electron chi connectivity index (χ1n) is 8.96. The molecular weight excluding hydrogens is 374 g/mol. The lowest BCUT2D eigenvalue weighted by Crippen LogP contribution is -2.23. The molecule has 3 aromatic rings. The number of aryl methyl sites for hydroxylation is 1. The maximum Gasteiger partial charge on any atom is 0.237 e. The van der Waals surface area contributed by atoms with E-state index in [9.17, 15) is 4.79 Å². The van der Waals surface area contributed by atoms with Crippen LogP contribution in [0.4, 0.5) is 5.69 Å². The van der Waals surface area contributed by atoms with Crippen LogP contribution in [-0.4, -0.2) is 32.6 Å². The predicted octanol–water partition coefficient (Wildman–Crippen LogP) is 3.49. The second kappa shape index (κ2) is 8.79. The van der Waals surface area contributed by atoms with Crippen molar-refractivity contribution in [1.29, 1.82) is 0 Å². The molecule has 1 aromatic heterocycles. The van der Waals surface area contributed by atoms with E-state index in [2.05, 4.69) is 15.5 Å². The molecule has 0 fully saturated rings. The third kappa shape index (κ3) is 4.64. The molecule has 1 heterocycles. The largest absolute Gasteiger partial charge is 0.494 e. The molecule has 0 aliphatic rings. The zero-order valence-electron chi connectivity index (χ0n) is 16.0. The number of nitrogens with zero attached hydrogens (tertiary/aromatic N) is 3. The number of benzene rings is 2. The number of rotatable bonds is 7. The Morgan fingerprint density at radius 3 is 2.50 bits per heavy atom. The molecule has 0 bridgehead atoms. The van der Waals surface area contributed by atoms with E-state index in [0.29, 0.717) is 23.3 Å². The van der Waals surface area contributed by atoms with Crippen molar-refractivity contribution >= 4 is 23.4 Å². The summed E-state index contributed by atoms with van der Waals surface area (Å²) >= 11 is 1.26. The summed E-state index contributed by atoms with van der Waals surface area (Å²) in [5.74, 6) is 7.32. The molecular formula is C20H23N5O2S. The predicted molar refractivity (Wildman–Crippen MR) is 112 cm³/mol. The van der Waals surface area contributed by atoms with Crippen LogP contribution in [0.3, 0.4) is 0 Å². The van der Waals surface area contributed by atoms with Crippen LogP contribution < -0.4 is 15.9 Å². The number of nitrogens with one attached hydrogen (secondary N) is 1. The Kier molecular flexibility index (Phi) is 6.20. The third-order valence-corrected chi connectivity index (χ3v) is 5.12. The summed E-state index contributed by atoms with van der Waals surface area (Å²) in [5.41, 5.74) is 2.73. The molecule has 1 unspecified atom stereocenters. The number of hydrogen-bond donors (Lipinski definition) is 2. The zero-order chi connectivity index (χ0) is 20.1. The summed E-state index contributed by atoms with van der Waals surface area (Å²) in [6.45, 7) is 6.34. The van der Waals surface area contributed by atoms with E-state index in [1.54, 1.807) is 19.1 Å². The second-order valence-corrected chi connectivity index (χ2v) is 7.56. The number of nitrogens with two attached hydrogens (primary N) is 1. The highest BCUT2D eigenvalue weighted by atomic mass is 32.2. The smallest absolute Gasteiger partial charge is 0.237 e. The SMILES string of the molecule is CCOc1ccc(NC(=O)C(C)Sc2nnc(-c3ccc(C)cc3)n2N)cc1. The monoisotopic (exact) mass is 397 g/mol. The summed E-state index contributed by atoms with van der Waals surface area (Å²) in [6, 6.07) is 15.1. The van der Waals surface area contributed by atoms with Gasteiger partial charge in [0.15, 0.2) is 5.82 Å². The fourth-order valence-corrected chi connectivity index (χ4v) is 3.28. The van der Waals surface area contributed by atoms with Gasteiger partial charge in [-0.2, -0.15) is 0 Å². The Bertz CT molecular complexity index is 938. The minimum atomic E-state index is -0.399. The van der Waals surface area contributed by atoms with Gasteiger partial charge in [0.05, 0.1) is 11.9 Å². The standard InChI is InChI=1S/C20H23N5O2S/c1-4-27-17-11-9-16(10-12-17)22-19(26)14(3)28-20-24-23-18(25(20)21)15-7-5-13(2)6-8-15/h5-12,14H,4,21H2,1-3H3,(H,22,26). The molecule has 0 spiro atoms. The molecule has 0 aliphatic heterocycles. The lowest BCUT2D eigenvalue weighted by molar-refractivity contribution is -0.115. The number of hydrogen-bond acceptors (Lipinski definition) is 6. The third-order valence-electron chi connectivity index (χ3n) is 4.06. The maximum absolute atomic E-state index is 12.5. The number of ether oxygens (including phenoxy) is 1. The fraction of sp³-hybridized carbons (Fsp3) is 0.250. The summed E-state index contributed by atoms with van der Waals surface area (Å²) in [6.07, 6.45) is 0. The number of thioether (sulfide) groups is 1. The van der Waals surface area contributed by atoms with Gasteiger partial charge in [0, 0.05) is 11.3 Å². The van der Waals surface area contributed by atoms with Gasteiger partial charge in [0.1, 0.15) is 5.75 Å². The number of aromatic nitrogens is 3. The van der Waals surface area contributed by atoms with Crippen LogP contribution in [0.1, 0.15) is 19.4 Å². The molecule has 3 N–H and O–H groups in total. The van der Waals surface area contributed by atoms with Gasteiger partial charge in [-0.25, -0.2) is 4.68 Å². The molecule has 28 heavy (non-hydrogen) atoms. The van der Waals surface area contributed by atoms with Crippen molar-refractivity contribution in [2.45, 2.75) is 31.2 Å². The Morgan fingerprint density at radius 1 is 1.18 bits per heavy atom.